The number of alkyl halides is 1. The average molecular weight is 344 g/mol. The first-order chi connectivity index (χ1) is 9.74. The molecule has 2 aliphatic carbocycles. The fraction of sp³-hybridized carbons (Fsp3) is 0.941. The van der Waals surface area contributed by atoms with Gasteiger partial charge < -0.3 is 4.90 Å². The molecule has 20 heavy (non-hydrogen) atoms. The summed E-state index contributed by atoms with van der Waals surface area (Å²) in [5.41, 5.74) is 0. The molecule has 0 heterocycles. The van der Waals surface area contributed by atoms with E-state index in [0.29, 0.717) is 18.0 Å². The van der Waals surface area contributed by atoms with Gasteiger partial charge in [0.25, 0.3) is 0 Å². The van der Waals surface area contributed by atoms with E-state index in [9.17, 15) is 4.79 Å². The second-order valence-corrected chi connectivity index (χ2v) is 7.69. The van der Waals surface area contributed by atoms with Crippen LogP contribution in [0.4, 0.5) is 0 Å². The van der Waals surface area contributed by atoms with E-state index in [2.05, 4.69) is 27.8 Å². The molecule has 0 radical (unpaired) electrons. The van der Waals surface area contributed by atoms with Gasteiger partial charge in [-0.1, -0.05) is 67.8 Å². The van der Waals surface area contributed by atoms with E-state index in [1.54, 1.807) is 0 Å². The van der Waals surface area contributed by atoms with Crippen LogP contribution in [0.15, 0.2) is 0 Å². The van der Waals surface area contributed by atoms with Gasteiger partial charge in [0.1, 0.15) is 0 Å². The molecule has 0 N–H and O–H groups in total. The smallest absolute Gasteiger partial charge is 0.236 e. The maximum absolute atomic E-state index is 12.9. The molecule has 2 aliphatic rings. The SMILES string of the molecule is CCC[C@H](Br)C(=O)N(C1CCCCC1)C1CCCCC1. The van der Waals surface area contributed by atoms with Crippen LogP contribution in [0.25, 0.3) is 0 Å². The summed E-state index contributed by atoms with van der Waals surface area (Å²) < 4.78 is 0. The maximum atomic E-state index is 12.9. The number of rotatable bonds is 5. The first-order valence-electron chi connectivity index (χ1n) is 8.70. The Hall–Kier alpha value is -0.0500. The molecule has 0 unspecified atom stereocenters. The summed E-state index contributed by atoms with van der Waals surface area (Å²) in [5.74, 6) is 0.380. The van der Waals surface area contributed by atoms with Crippen LogP contribution in [-0.2, 0) is 4.79 Å². The van der Waals surface area contributed by atoms with Gasteiger partial charge >= 0.3 is 0 Å². The first-order valence-corrected chi connectivity index (χ1v) is 9.62. The predicted octanol–water partition coefficient (Wildman–Crippen LogP) is 5.04. The van der Waals surface area contributed by atoms with Crippen LogP contribution < -0.4 is 0 Å². The molecule has 0 bridgehead atoms. The molecule has 2 nitrogen and oxygen atoms in total. The van der Waals surface area contributed by atoms with Crippen molar-refractivity contribution in [3.8, 4) is 0 Å². The second-order valence-electron chi connectivity index (χ2n) is 6.59. The van der Waals surface area contributed by atoms with Crippen molar-refractivity contribution in [2.24, 2.45) is 0 Å². The summed E-state index contributed by atoms with van der Waals surface area (Å²) in [4.78, 5) is 15.3. The standard InChI is InChI=1S/C17H30BrNO/c1-2-9-16(18)17(20)19(14-10-5-3-6-11-14)15-12-7-4-8-13-15/h14-16H,2-13H2,1H3/t16-/m0/s1. The van der Waals surface area contributed by atoms with E-state index in [1.807, 2.05) is 0 Å². The molecule has 2 rings (SSSR count). The molecule has 3 heteroatoms. The van der Waals surface area contributed by atoms with Gasteiger partial charge in [-0.3, -0.25) is 4.79 Å². The minimum atomic E-state index is 0.0383. The third-order valence-corrected chi connectivity index (χ3v) is 5.85. The number of hydrogen-bond donors (Lipinski definition) is 0. The Morgan fingerprint density at radius 1 is 1.00 bits per heavy atom. The van der Waals surface area contributed by atoms with Gasteiger partial charge in [0, 0.05) is 12.1 Å². The summed E-state index contributed by atoms with van der Waals surface area (Å²) in [6.07, 6.45) is 14.9. The number of carbonyl (C=O) groups excluding carboxylic acids is 1. The van der Waals surface area contributed by atoms with Crippen molar-refractivity contribution < 1.29 is 4.79 Å². The lowest BCUT2D eigenvalue weighted by atomic mass is 9.88. The molecular weight excluding hydrogens is 314 g/mol. The van der Waals surface area contributed by atoms with E-state index in [-0.39, 0.29) is 4.83 Å². The molecule has 2 fully saturated rings. The van der Waals surface area contributed by atoms with Crippen LogP contribution in [0.5, 0.6) is 0 Å². The molecule has 1 atom stereocenters. The lowest BCUT2D eigenvalue weighted by Gasteiger charge is -2.42. The normalized spacial score (nSPS) is 23.5. The zero-order chi connectivity index (χ0) is 14.4. The molecule has 2 saturated carbocycles. The van der Waals surface area contributed by atoms with Gasteiger partial charge in [-0.05, 0) is 32.1 Å². The Balaban J connectivity index is 2.07. The topological polar surface area (TPSA) is 20.3 Å². The van der Waals surface area contributed by atoms with Crippen molar-refractivity contribution in [3.63, 3.8) is 0 Å². The van der Waals surface area contributed by atoms with Crippen LogP contribution in [0.3, 0.4) is 0 Å². The highest BCUT2D eigenvalue weighted by Crippen LogP contribution is 2.31. The predicted molar refractivity (Wildman–Crippen MR) is 88.2 cm³/mol. The third-order valence-electron chi connectivity index (χ3n) is 5.00. The highest BCUT2D eigenvalue weighted by atomic mass is 79.9. The molecule has 116 valence electrons. The lowest BCUT2D eigenvalue weighted by molar-refractivity contribution is -0.137. The number of halogens is 1. The third kappa shape index (κ3) is 4.22. The van der Waals surface area contributed by atoms with Crippen molar-refractivity contribution in [1.82, 2.24) is 4.90 Å². The fourth-order valence-corrected chi connectivity index (χ4v) is 4.61. The van der Waals surface area contributed by atoms with Crippen LogP contribution in [-0.4, -0.2) is 27.7 Å². The Kier molecular flexibility index (Phi) is 6.86. The van der Waals surface area contributed by atoms with Crippen molar-refractivity contribution in [3.05, 3.63) is 0 Å². The van der Waals surface area contributed by atoms with Crippen molar-refractivity contribution in [2.45, 2.75) is 101 Å². The van der Waals surface area contributed by atoms with E-state index in [1.165, 1.54) is 64.2 Å². The molecular formula is C17H30BrNO. The Morgan fingerprint density at radius 3 is 1.85 bits per heavy atom. The number of carbonyl (C=O) groups is 1. The van der Waals surface area contributed by atoms with Crippen LogP contribution >= 0.6 is 15.9 Å². The summed E-state index contributed by atoms with van der Waals surface area (Å²) >= 11 is 3.65. The second kappa shape index (κ2) is 8.41. The Morgan fingerprint density at radius 2 is 1.45 bits per heavy atom. The van der Waals surface area contributed by atoms with E-state index in [0.717, 1.165) is 12.8 Å². The van der Waals surface area contributed by atoms with E-state index < -0.39 is 0 Å². The molecule has 0 aliphatic heterocycles. The van der Waals surface area contributed by atoms with E-state index in [4.69, 9.17) is 0 Å². The van der Waals surface area contributed by atoms with Crippen LogP contribution in [0.1, 0.15) is 84.0 Å². The van der Waals surface area contributed by atoms with E-state index >= 15 is 0 Å². The minimum absolute atomic E-state index is 0.0383. The van der Waals surface area contributed by atoms with Gasteiger partial charge in [0.05, 0.1) is 4.83 Å². The van der Waals surface area contributed by atoms with Crippen molar-refractivity contribution >= 4 is 21.8 Å². The first kappa shape index (κ1) is 16.3. The molecule has 1 amide bonds. The largest absolute Gasteiger partial charge is 0.336 e. The van der Waals surface area contributed by atoms with Gasteiger partial charge in [0.15, 0.2) is 0 Å². The average Bonchev–Trinajstić information content (AvgIpc) is 2.50. The highest BCUT2D eigenvalue weighted by Gasteiger charge is 2.34. The summed E-state index contributed by atoms with van der Waals surface area (Å²) in [6, 6.07) is 1.05. The van der Waals surface area contributed by atoms with Crippen LogP contribution in [0.2, 0.25) is 0 Å². The zero-order valence-electron chi connectivity index (χ0n) is 13.0. The Bertz CT molecular complexity index is 277. The highest BCUT2D eigenvalue weighted by molar-refractivity contribution is 9.10. The molecule has 0 spiro atoms. The summed E-state index contributed by atoms with van der Waals surface area (Å²) in [5, 5.41) is 0. The number of amides is 1. The number of hydrogen-bond acceptors (Lipinski definition) is 1. The number of nitrogens with zero attached hydrogens (tertiary/aromatic N) is 1. The molecule has 0 aromatic rings. The fourth-order valence-electron chi connectivity index (χ4n) is 3.92. The van der Waals surface area contributed by atoms with Crippen molar-refractivity contribution in [2.75, 3.05) is 0 Å². The van der Waals surface area contributed by atoms with Gasteiger partial charge in [-0.2, -0.15) is 0 Å². The monoisotopic (exact) mass is 343 g/mol. The van der Waals surface area contributed by atoms with Gasteiger partial charge in [-0.25, -0.2) is 0 Å². The molecule has 0 saturated heterocycles. The molecule has 0 aromatic carbocycles. The minimum Gasteiger partial charge on any atom is -0.336 e. The zero-order valence-corrected chi connectivity index (χ0v) is 14.5. The summed E-state index contributed by atoms with van der Waals surface area (Å²) in [7, 11) is 0. The Labute approximate surface area is 132 Å². The maximum Gasteiger partial charge on any atom is 0.236 e. The van der Waals surface area contributed by atoms with Crippen molar-refractivity contribution in [1.29, 1.82) is 0 Å². The summed E-state index contributed by atoms with van der Waals surface area (Å²) in [6.45, 7) is 2.16. The van der Waals surface area contributed by atoms with Gasteiger partial charge in [-0.15, -0.1) is 0 Å². The van der Waals surface area contributed by atoms with Crippen LogP contribution in [0, 0.1) is 0 Å². The molecule has 0 aromatic heterocycles. The lowest BCUT2D eigenvalue weighted by Crippen LogP contribution is -2.51. The quantitative estimate of drug-likeness (QED) is 0.640. The van der Waals surface area contributed by atoms with Gasteiger partial charge in [0.2, 0.25) is 5.91 Å².